The van der Waals surface area contributed by atoms with Crippen LogP contribution in [-0.4, -0.2) is 54.3 Å². The van der Waals surface area contributed by atoms with Crippen molar-refractivity contribution in [1.29, 1.82) is 0 Å². The van der Waals surface area contributed by atoms with Gasteiger partial charge in [0.2, 0.25) is 11.8 Å². The predicted molar refractivity (Wildman–Crippen MR) is 64.8 cm³/mol. The fraction of sp³-hybridized carbons (Fsp3) is 0.818. The summed E-state index contributed by atoms with van der Waals surface area (Å²) in [6.07, 6.45) is -0.152. The van der Waals surface area contributed by atoms with Crippen LogP contribution >= 0.6 is 0 Å². The number of carbonyl (C=O) groups excluding carboxylic acids is 2. The number of rotatable bonds is 4. The minimum Gasteiger partial charge on any atom is -0.340 e. The van der Waals surface area contributed by atoms with Gasteiger partial charge in [0, 0.05) is 32.7 Å². The van der Waals surface area contributed by atoms with E-state index in [4.69, 9.17) is 5.84 Å². The molecule has 17 heavy (non-hydrogen) atoms. The van der Waals surface area contributed by atoms with E-state index in [0.29, 0.717) is 19.0 Å². The van der Waals surface area contributed by atoms with Crippen molar-refractivity contribution in [2.45, 2.75) is 20.3 Å². The lowest BCUT2D eigenvalue weighted by molar-refractivity contribution is -0.137. The molecule has 0 aromatic carbocycles. The first-order chi connectivity index (χ1) is 8.02. The summed E-state index contributed by atoms with van der Waals surface area (Å²) in [7, 11) is 0. The van der Waals surface area contributed by atoms with E-state index in [1.807, 2.05) is 5.43 Å². The number of hydrogen-bond donors (Lipinski definition) is 2. The molecule has 1 heterocycles. The number of carbonyl (C=O) groups is 2. The Balaban J connectivity index is 2.31. The van der Waals surface area contributed by atoms with Gasteiger partial charge in [-0.3, -0.25) is 19.9 Å². The molecule has 1 fully saturated rings. The number of hydrogen-bond acceptors (Lipinski definition) is 4. The van der Waals surface area contributed by atoms with E-state index in [0.717, 1.165) is 19.6 Å². The monoisotopic (exact) mass is 242 g/mol. The lowest BCUT2D eigenvalue weighted by atomic mass is 10.2. The topological polar surface area (TPSA) is 78.7 Å². The summed E-state index contributed by atoms with van der Waals surface area (Å²) in [6.45, 7) is 8.59. The van der Waals surface area contributed by atoms with Crippen molar-refractivity contribution in [3.8, 4) is 0 Å². The van der Waals surface area contributed by atoms with Crippen LogP contribution < -0.4 is 11.3 Å². The molecule has 3 N–H and O–H groups in total. The van der Waals surface area contributed by atoms with Crippen LogP contribution in [0.25, 0.3) is 0 Å². The molecule has 1 aliphatic rings. The first-order valence-electron chi connectivity index (χ1n) is 6.02. The minimum absolute atomic E-state index is 0.142. The zero-order valence-corrected chi connectivity index (χ0v) is 10.6. The second-order valence-electron chi connectivity index (χ2n) is 4.82. The fourth-order valence-electron chi connectivity index (χ4n) is 2.00. The Morgan fingerprint density at radius 3 is 2.29 bits per heavy atom. The number of hydrazine groups is 1. The minimum atomic E-state index is -0.431. The van der Waals surface area contributed by atoms with Crippen LogP contribution in [0.2, 0.25) is 0 Å². The highest BCUT2D eigenvalue weighted by atomic mass is 16.2. The van der Waals surface area contributed by atoms with Crippen LogP contribution in [0.1, 0.15) is 20.3 Å². The van der Waals surface area contributed by atoms with Crippen molar-refractivity contribution in [1.82, 2.24) is 15.2 Å². The molecule has 0 aliphatic carbocycles. The third-order valence-electron chi connectivity index (χ3n) is 2.82. The van der Waals surface area contributed by atoms with Gasteiger partial charge in [-0.2, -0.15) is 0 Å². The average molecular weight is 242 g/mol. The molecule has 0 atom stereocenters. The third-order valence-corrected chi connectivity index (χ3v) is 2.82. The van der Waals surface area contributed by atoms with Crippen LogP contribution in [0.15, 0.2) is 0 Å². The van der Waals surface area contributed by atoms with Crippen LogP contribution in [-0.2, 0) is 9.59 Å². The summed E-state index contributed by atoms with van der Waals surface area (Å²) in [5.74, 6) is 5.01. The molecular formula is C11H22N4O2. The predicted octanol–water partition coefficient (Wildman–Crippen LogP) is -0.833. The van der Waals surface area contributed by atoms with Gasteiger partial charge >= 0.3 is 0 Å². The molecule has 0 spiro atoms. The molecule has 1 rings (SSSR count). The van der Waals surface area contributed by atoms with Gasteiger partial charge in [0.1, 0.15) is 6.42 Å². The highest BCUT2D eigenvalue weighted by Crippen LogP contribution is 2.06. The molecule has 98 valence electrons. The summed E-state index contributed by atoms with van der Waals surface area (Å²) >= 11 is 0. The van der Waals surface area contributed by atoms with Crippen LogP contribution in [0, 0.1) is 5.92 Å². The summed E-state index contributed by atoms with van der Waals surface area (Å²) in [6, 6.07) is 0. The molecule has 1 aliphatic heterocycles. The smallest absolute Gasteiger partial charge is 0.243 e. The molecule has 0 aromatic heterocycles. The number of nitrogens with zero attached hydrogens (tertiary/aromatic N) is 2. The molecule has 0 aromatic rings. The molecule has 0 radical (unpaired) electrons. The van der Waals surface area contributed by atoms with Crippen molar-refractivity contribution < 1.29 is 9.59 Å². The molecule has 2 amide bonds. The number of nitrogens with two attached hydrogens (primary N) is 1. The maximum Gasteiger partial charge on any atom is 0.243 e. The van der Waals surface area contributed by atoms with E-state index in [-0.39, 0.29) is 12.3 Å². The van der Waals surface area contributed by atoms with Gasteiger partial charge in [-0.1, -0.05) is 13.8 Å². The number of amides is 2. The highest BCUT2D eigenvalue weighted by Gasteiger charge is 2.22. The van der Waals surface area contributed by atoms with Crippen molar-refractivity contribution >= 4 is 11.8 Å². The van der Waals surface area contributed by atoms with Gasteiger partial charge in [0.15, 0.2) is 0 Å². The Morgan fingerprint density at radius 1 is 1.24 bits per heavy atom. The lowest BCUT2D eigenvalue weighted by Gasteiger charge is -2.35. The fourth-order valence-corrected chi connectivity index (χ4v) is 2.00. The van der Waals surface area contributed by atoms with Gasteiger partial charge in [0.25, 0.3) is 0 Å². The molecule has 6 nitrogen and oxygen atoms in total. The first-order valence-corrected chi connectivity index (χ1v) is 6.02. The molecule has 6 heteroatoms. The Hall–Kier alpha value is -1.14. The van der Waals surface area contributed by atoms with Crippen molar-refractivity contribution in [2.75, 3.05) is 32.7 Å². The number of nitrogens with one attached hydrogen (secondary N) is 1. The third kappa shape index (κ3) is 4.70. The SMILES string of the molecule is CC(C)CN1CCN(C(=O)CC(=O)NN)CC1. The van der Waals surface area contributed by atoms with Gasteiger partial charge < -0.3 is 4.90 Å². The summed E-state index contributed by atoms with van der Waals surface area (Å²) in [5.41, 5.74) is 1.97. The van der Waals surface area contributed by atoms with E-state index < -0.39 is 5.91 Å². The average Bonchev–Trinajstić information content (AvgIpc) is 2.28. The van der Waals surface area contributed by atoms with Crippen LogP contribution in [0.3, 0.4) is 0 Å². The zero-order valence-electron chi connectivity index (χ0n) is 10.6. The second kappa shape index (κ2) is 6.56. The normalized spacial score (nSPS) is 17.3. The van der Waals surface area contributed by atoms with Gasteiger partial charge in [-0.05, 0) is 5.92 Å². The Bertz CT molecular complexity index is 273. The van der Waals surface area contributed by atoms with Crippen LogP contribution in [0.4, 0.5) is 0 Å². The molecule has 0 bridgehead atoms. The van der Waals surface area contributed by atoms with E-state index in [1.165, 1.54) is 0 Å². The summed E-state index contributed by atoms with van der Waals surface area (Å²) in [5, 5.41) is 0. The van der Waals surface area contributed by atoms with E-state index in [1.54, 1.807) is 4.90 Å². The van der Waals surface area contributed by atoms with Gasteiger partial charge in [0.05, 0.1) is 0 Å². The summed E-state index contributed by atoms with van der Waals surface area (Å²) < 4.78 is 0. The highest BCUT2D eigenvalue weighted by molar-refractivity contribution is 5.96. The molecule has 1 saturated heterocycles. The molecular weight excluding hydrogens is 220 g/mol. The zero-order chi connectivity index (χ0) is 12.8. The van der Waals surface area contributed by atoms with Gasteiger partial charge in [-0.25, -0.2) is 5.84 Å². The standard InChI is InChI=1S/C11H22N4O2/c1-9(2)8-14-3-5-15(6-4-14)11(17)7-10(16)13-12/h9H,3-8,12H2,1-2H3,(H,13,16). The second-order valence-corrected chi connectivity index (χ2v) is 4.82. The Morgan fingerprint density at radius 2 is 1.82 bits per heavy atom. The maximum atomic E-state index is 11.7. The Labute approximate surface area is 102 Å². The van der Waals surface area contributed by atoms with E-state index in [9.17, 15) is 9.59 Å². The lowest BCUT2D eigenvalue weighted by Crippen LogP contribution is -2.50. The van der Waals surface area contributed by atoms with E-state index >= 15 is 0 Å². The molecule has 0 unspecified atom stereocenters. The first kappa shape index (κ1) is 13.9. The van der Waals surface area contributed by atoms with Gasteiger partial charge in [-0.15, -0.1) is 0 Å². The maximum absolute atomic E-state index is 11.7. The Kier molecular flexibility index (Phi) is 5.37. The largest absolute Gasteiger partial charge is 0.340 e. The van der Waals surface area contributed by atoms with Crippen LogP contribution in [0.5, 0.6) is 0 Å². The summed E-state index contributed by atoms with van der Waals surface area (Å²) in [4.78, 5) is 26.7. The van der Waals surface area contributed by atoms with Crippen molar-refractivity contribution in [3.63, 3.8) is 0 Å². The number of piperazine rings is 1. The van der Waals surface area contributed by atoms with E-state index in [2.05, 4.69) is 18.7 Å². The molecule has 0 saturated carbocycles. The quantitative estimate of drug-likeness (QED) is 0.292. The van der Waals surface area contributed by atoms with Crippen molar-refractivity contribution in [3.05, 3.63) is 0 Å². The van der Waals surface area contributed by atoms with Crippen molar-refractivity contribution in [2.24, 2.45) is 11.8 Å².